The first-order valence-electron chi connectivity index (χ1n) is 6.07. The summed E-state index contributed by atoms with van der Waals surface area (Å²) >= 11 is 0. The zero-order valence-electron chi connectivity index (χ0n) is 10.8. The largest absolute Gasteiger partial charge is 0.492 e. The summed E-state index contributed by atoms with van der Waals surface area (Å²) < 4.78 is 13.3. The number of halogens is 1. The molecular weight excluding hydrogens is 281 g/mol. The minimum atomic E-state index is -0.799. The number of aromatic hydroxyl groups is 2. The summed E-state index contributed by atoms with van der Waals surface area (Å²) in [6, 6.07) is 7.25. The first-order chi connectivity index (χ1) is 9.97. The van der Waals surface area contributed by atoms with E-state index in [1.165, 1.54) is 12.1 Å². The molecule has 2 aromatic rings. The molecule has 0 fully saturated rings. The molecule has 1 aromatic heterocycles. The summed E-state index contributed by atoms with van der Waals surface area (Å²) in [4.78, 5) is 28.0. The van der Waals surface area contributed by atoms with Crippen LogP contribution in [0.2, 0.25) is 0 Å². The second-order valence-corrected chi connectivity index (χ2v) is 4.24. The Bertz CT molecular complexity index is 643. The van der Waals surface area contributed by atoms with Crippen molar-refractivity contribution in [3.05, 3.63) is 47.8 Å². The summed E-state index contributed by atoms with van der Waals surface area (Å²) in [5.74, 6) is -2.47. The van der Waals surface area contributed by atoms with Gasteiger partial charge in [0.25, 0.3) is 0 Å². The molecule has 0 aliphatic rings. The maximum atomic E-state index is 12.7. The molecule has 1 heterocycles. The normalized spacial score (nSPS) is 10.3. The lowest BCUT2D eigenvalue weighted by Crippen LogP contribution is -2.19. The number of rotatable bonds is 5. The highest BCUT2D eigenvalue weighted by Gasteiger charge is 2.14. The molecule has 21 heavy (non-hydrogen) atoms. The number of ketones is 1. The van der Waals surface area contributed by atoms with Crippen molar-refractivity contribution in [2.24, 2.45) is 0 Å². The fourth-order valence-electron chi connectivity index (χ4n) is 1.64. The van der Waals surface area contributed by atoms with E-state index in [1.54, 1.807) is 0 Å². The molecule has 0 saturated heterocycles. The summed E-state index contributed by atoms with van der Waals surface area (Å²) in [5, 5.41) is 18.6. The Morgan fingerprint density at radius 1 is 1.00 bits per heavy atom. The highest BCUT2D eigenvalue weighted by Crippen LogP contribution is 2.19. The van der Waals surface area contributed by atoms with Crippen molar-refractivity contribution in [1.82, 2.24) is 4.73 Å². The number of Topliss-reactive ketones (excluding diaryl/α,β-unsaturated/α-hetero) is 1. The average molecular weight is 293 g/mol. The number of aromatic nitrogens is 1. The van der Waals surface area contributed by atoms with Crippen LogP contribution in [0, 0.1) is 5.82 Å². The molecule has 0 saturated carbocycles. The highest BCUT2D eigenvalue weighted by molar-refractivity contribution is 5.97. The molecule has 0 aliphatic heterocycles. The van der Waals surface area contributed by atoms with Crippen molar-refractivity contribution in [3.63, 3.8) is 0 Å². The second-order valence-electron chi connectivity index (χ2n) is 4.24. The van der Waals surface area contributed by atoms with Crippen molar-refractivity contribution >= 4 is 11.8 Å². The fourth-order valence-corrected chi connectivity index (χ4v) is 1.64. The van der Waals surface area contributed by atoms with Gasteiger partial charge in [0.1, 0.15) is 5.82 Å². The summed E-state index contributed by atoms with van der Waals surface area (Å²) in [6.07, 6.45) is -0.374. The predicted molar refractivity (Wildman–Crippen MR) is 69.3 cm³/mol. The van der Waals surface area contributed by atoms with Crippen LogP contribution in [-0.2, 0) is 4.79 Å². The number of hydrogen-bond donors (Lipinski definition) is 2. The van der Waals surface area contributed by atoms with Gasteiger partial charge < -0.3 is 15.1 Å². The molecule has 0 bridgehead atoms. The Labute approximate surface area is 119 Å². The van der Waals surface area contributed by atoms with Crippen molar-refractivity contribution < 1.29 is 29.0 Å². The van der Waals surface area contributed by atoms with Crippen LogP contribution in [0.15, 0.2) is 36.4 Å². The molecule has 110 valence electrons. The molecule has 6 nitrogen and oxygen atoms in total. The van der Waals surface area contributed by atoms with Gasteiger partial charge in [0.05, 0.1) is 6.42 Å². The van der Waals surface area contributed by atoms with E-state index in [9.17, 15) is 24.2 Å². The minimum absolute atomic E-state index is 0.132. The van der Waals surface area contributed by atoms with Crippen molar-refractivity contribution in [2.75, 3.05) is 0 Å². The molecule has 0 amide bonds. The highest BCUT2D eigenvalue weighted by atomic mass is 19.1. The maximum absolute atomic E-state index is 12.7. The summed E-state index contributed by atoms with van der Waals surface area (Å²) in [5.41, 5.74) is 0.288. The van der Waals surface area contributed by atoms with Crippen LogP contribution in [0.4, 0.5) is 4.39 Å². The molecule has 0 atom stereocenters. The van der Waals surface area contributed by atoms with E-state index in [0.717, 1.165) is 24.3 Å². The van der Waals surface area contributed by atoms with E-state index in [0.29, 0.717) is 4.73 Å². The zero-order valence-corrected chi connectivity index (χ0v) is 10.8. The molecule has 2 rings (SSSR count). The zero-order chi connectivity index (χ0) is 15.4. The van der Waals surface area contributed by atoms with Gasteiger partial charge in [-0.05, 0) is 24.3 Å². The van der Waals surface area contributed by atoms with Crippen LogP contribution in [0.5, 0.6) is 11.8 Å². The van der Waals surface area contributed by atoms with Gasteiger partial charge in [0.15, 0.2) is 5.78 Å². The number of benzene rings is 1. The third-order valence-corrected chi connectivity index (χ3v) is 2.71. The van der Waals surface area contributed by atoms with Gasteiger partial charge in [-0.3, -0.25) is 4.79 Å². The van der Waals surface area contributed by atoms with Gasteiger partial charge in [0.2, 0.25) is 11.8 Å². The van der Waals surface area contributed by atoms with E-state index in [4.69, 9.17) is 0 Å². The molecule has 0 unspecified atom stereocenters. The van der Waals surface area contributed by atoms with Crippen LogP contribution in [-0.4, -0.2) is 26.7 Å². The van der Waals surface area contributed by atoms with Gasteiger partial charge >= 0.3 is 5.97 Å². The topological polar surface area (TPSA) is 88.8 Å². The molecule has 7 heteroatoms. The molecule has 0 aliphatic carbocycles. The number of carbonyl (C=O) groups excluding carboxylic acids is 2. The Kier molecular flexibility index (Phi) is 4.22. The summed E-state index contributed by atoms with van der Waals surface area (Å²) in [7, 11) is 0. The lowest BCUT2D eigenvalue weighted by molar-refractivity contribution is -0.145. The lowest BCUT2D eigenvalue weighted by Gasteiger charge is -2.06. The van der Waals surface area contributed by atoms with Crippen molar-refractivity contribution in [2.45, 2.75) is 12.8 Å². The molecule has 0 spiro atoms. The van der Waals surface area contributed by atoms with Crippen LogP contribution in [0.1, 0.15) is 23.2 Å². The Morgan fingerprint density at radius 3 is 2.14 bits per heavy atom. The van der Waals surface area contributed by atoms with Gasteiger partial charge in [-0.15, -0.1) is 4.73 Å². The Balaban J connectivity index is 1.89. The molecule has 0 radical (unpaired) electrons. The van der Waals surface area contributed by atoms with Crippen LogP contribution >= 0.6 is 0 Å². The first-order valence-corrected chi connectivity index (χ1v) is 6.07. The molecule has 2 N–H and O–H groups in total. The SMILES string of the molecule is O=C(CCC(=O)c1ccc(F)cc1)On1c(O)ccc1O. The number of hydrogen-bond acceptors (Lipinski definition) is 5. The third-order valence-electron chi connectivity index (χ3n) is 2.71. The smallest absolute Gasteiger partial charge is 0.333 e. The second kappa shape index (κ2) is 6.08. The quantitative estimate of drug-likeness (QED) is 0.818. The van der Waals surface area contributed by atoms with Gasteiger partial charge in [-0.25, -0.2) is 9.18 Å². The predicted octanol–water partition coefficient (Wildman–Crippen LogP) is 1.66. The van der Waals surface area contributed by atoms with Crippen molar-refractivity contribution in [1.29, 1.82) is 0 Å². The average Bonchev–Trinajstić information content (AvgIpc) is 2.77. The van der Waals surface area contributed by atoms with Crippen LogP contribution < -0.4 is 4.84 Å². The molecule has 1 aromatic carbocycles. The maximum Gasteiger partial charge on any atom is 0.333 e. The van der Waals surface area contributed by atoms with E-state index in [-0.39, 0.29) is 24.2 Å². The Hall–Kier alpha value is -2.83. The van der Waals surface area contributed by atoms with Crippen LogP contribution in [0.3, 0.4) is 0 Å². The Morgan fingerprint density at radius 2 is 1.57 bits per heavy atom. The molecular formula is C14H12FNO5. The first kappa shape index (κ1) is 14.6. The minimum Gasteiger partial charge on any atom is -0.492 e. The monoisotopic (exact) mass is 293 g/mol. The van der Waals surface area contributed by atoms with E-state index < -0.39 is 23.5 Å². The van der Waals surface area contributed by atoms with Gasteiger partial charge in [-0.1, -0.05) is 0 Å². The van der Waals surface area contributed by atoms with Gasteiger partial charge in [-0.2, -0.15) is 0 Å². The standard InChI is InChI=1S/C14H12FNO5/c15-10-3-1-9(2-4-10)11(17)5-8-14(20)21-16-12(18)6-7-13(16)19/h1-4,6-7,18-19H,5,8H2. The third kappa shape index (κ3) is 3.59. The van der Waals surface area contributed by atoms with E-state index in [2.05, 4.69) is 4.84 Å². The summed E-state index contributed by atoms with van der Waals surface area (Å²) in [6.45, 7) is 0. The lowest BCUT2D eigenvalue weighted by atomic mass is 10.1. The van der Waals surface area contributed by atoms with Gasteiger partial charge in [0, 0.05) is 24.1 Å². The van der Waals surface area contributed by atoms with Crippen LogP contribution in [0.25, 0.3) is 0 Å². The number of carbonyl (C=O) groups is 2. The fraction of sp³-hybridized carbons (Fsp3) is 0.143. The van der Waals surface area contributed by atoms with E-state index >= 15 is 0 Å². The van der Waals surface area contributed by atoms with Crippen molar-refractivity contribution in [3.8, 4) is 11.8 Å². The van der Waals surface area contributed by atoms with E-state index in [1.807, 2.05) is 0 Å². The number of nitrogens with zero attached hydrogens (tertiary/aromatic N) is 1.